The van der Waals surface area contributed by atoms with Crippen molar-refractivity contribution in [2.45, 2.75) is 23.8 Å². The van der Waals surface area contributed by atoms with Gasteiger partial charge in [0.25, 0.3) is 15.9 Å². The molecule has 1 aliphatic heterocycles. The van der Waals surface area contributed by atoms with E-state index in [1.807, 2.05) is 0 Å². The number of hydrogen-bond donors (Lipinski definition) is 2. The molecule has 1 aliphatic rings. The SMILES string of the molecule is COc1ccc(F)cc1S(=O)(=O)Nc1ccccc1C(=O)NC[C@@H]1CCCO1. The summed E-state index contributed by atoms with van der Waals surface area (Å²) in [7, 11) is -2.89. The Kier molecular flexibility index (Phi) is 6.15. The van der Waals surface area contributed by atoms with Crippen LogP contribution < -0.4 is 14.8 Å². The quantitative estimate of drug-likeness (QED) is 0.734. The molecule has 0 spiro atoms. The van der Waals surface area contributed by atoms with Gasteiger partial charge in [-0.2, -0.15) is 0 Å². The monoisotopic (exact) mass is 408 g/mol. The number of anilines is 1. The lowest BCUT2D eigenvalue weighted by atomic mass is 10.1. The first kappa shape index (κ1) is 20.1. The molecule has 9 heteroatoms. The first-order chi connectivity index (χ1) is 13.4. The first-order valence-corrected chi connectivity index (χ1v) is 10.2. The van der Waals surface area contributed by atoms with E-state index in [2.05, 4.69) is 10.0 Å². The number of amides is 1. The van der Waals surface area contributed by atoms with Gasteiger partial charge in [-0.05, 0) is 43.2 Å². The number of carbonyl (C=O) groups is 1. The number of benzene rings is 2. The lowest BCUT2D eigenvalue weighted by Crippen LogP contribution is -2.32. The molecule has 2 aromatic rings. The third-order valence-electron chi connectivity index (χ3n) is 4.35. The molecule has 1 fully saturated rings. The highest BCUT2D eigenvalue weighted by Gasteiger charge is 2.23. The number of sulfonamides is 1. The number of ether oxygens (including phenoxy) is 2. The van der Waals surface area contributed by atoms with Crippen molar-refractivity contribution >= 4 is 21.6 Å². The average molecular weight is 408 g/mol. The van der Waals surface area contributed by atoms with Gasteiger partial charge >= 0.3 is 0 Å². The Morgan fingerprint density at radius 1 is 1.29 bits per heavy atom. The Morgan fingerprint density at radius 2 is 2.07 bits per heavy atom. The molecule has 0 aliphatic carbocycles. The van der Waals surface area contributed by atoms with Gasteiger partial charge in [-0.15, -0.1) is 0 Å². The number of halogens is 1. The van der Waals surface area contributed by atoms with E-state index < -0.39 is 21.7 Å². The highest BCUT2D eigenvalue weighted by molar-refractivity contribution is 7.92. The Hall–Kier alpha value is -2.65. The third kappa shape index (κ3) is 4.60. The van der Waals surface area contributed by atoms with Crippen molar-refractivity contribution in [3.8, 4) is 5.75 Å². The van der Waals surface area contributed by atoms with Crippen LogP contribution in [-0.2, 0) is 14.8 Å². The molecule has 1 heterocycles. The molecule has 1 saturated heterocycles. The molecular formula is C19H21FN2O5S. The molecule has 150 valence electrons. The summed E-state index contributed by atoms with van der Waals surface area (Å²) in [5, 5.41) is 2.76. The van der Waals surface area contributed by atoms with Crippen LogP contribution in [0.3, 0.4) is 0 Å². The van der Waals surface area contributed by atoms with Gasteiger partial charge in [0, 0.05) is 13.2 Å². The zero-order chi connectivity index (χ0) is 20.1. The maximum Gasteiger partial charge on any atom is 0.265 e. The number of nitrogens with one attached hydrogen (secondary N) is 2. The summed E-state index contributed by atoms with van der Waals surface area (Å²) in [5.74, 6) is -1.15. The maximum atomic E-state index is 13.6. The van der Waals surface area contributed by atoms with Gasteiger partial charge in [0.1, 0.15) is 16.5 Å². The molecule has 3 rings (SSSR count). The summed E-state index contributed by atoms with van der Waals surface area (Å²) in [6.07, 6.45) is 1.78. The number of hydrogen-bond acceptors (Lipinski definition) is 5. The van der Waals surface area contributed by atoms with E-state index in [1.54, 1.807) is 12.1 Å². The summed E-state index contributed by atoms with van der Waals surface area (Å²) < 4.78 is 52.0. The van der Waals surface area contributed by atoms with E-state index in [9.17, 15) is 17.6 Å². The molecule has 2 N–H and O–H groups in total. The standard InChI is InChI=1S/C19H21FN2O5S/c1-26-17-9-8-13(20)11-18(17)28(24,25)22-16-7-3-2-6-15(16)19(23)21-12-14-5-4-10-27-14/h2-3,6-9,11,14,22H,4-5,10,12H2,1H3,(H,21,23)/t14-/m0/s1. The molecule has 0 saturated carbocycles. The summed E-state index contributed by atoms with van der Waals surface area (Å²) >= 11 is 0. The molecule has 1 atom stereocenters. The molecule has 28 heavy (non-hydrogen) atoms. The highest BCUT2D eigenvalue weighted by atomic mass is 32.2. The van der Waals surface area contributed by atoms with E-state index in [0.717, 1.165) is 25.0 Å². The van der Waals surface area contributed by atoms with Crippen LogP contribution in [0.15, 0.2) is 47.4 Å². The Balaban J connectivity index is 1.82. The van der Waals surface area contributed by atoms with Crippen LogP contribution in [0.2, 0.25) is 0 Å². The van der Waals surface area contributed by atoms with Crippen LogP contribution in [0.5, 0.6) is 5.75 Å². The largest absolute Gasteiger partial charge is 0.495 e. The fourth-order valence-electron chi connectivity index (χ4n) is 2.94. The Bertz CT molecular complexity index is 959. The maximum absolute atomic E-state index is 13.6. The predicted molar refractivity (Wildman–Crippen MR) is 102 cm³/mol. The molecule has 2 aromatic carbocycles. The van der Waals surface area contributed by atoms with E-state index >= 15 is 0 Å². The van der Waals surface area contributed by atoms with Crippen molar-refractivity contribution in [2.75, 3.05) is 25.0 Å². The minimum absolute atomic E-state index is 0.00536. The van der Waals surface area contributed by atoms with Crippen molar-refractivity contribution in [3.63, 3.8) is 0 Å². The zero-order valence-electron chi connectivity index (χ0n) is 15.3. The van der Waals surface area contributed by atoms with E-state index in [1.165, 1.54) is 25.3 Å². The predicted octanol–water partition coefficient (Wildman–Crippen LogP) is 2.54. The molecule has 0 aromatic heterocycles. The number of para-hydroxylation sites is 1. The number of carbonyl (C=O) groups excluding carboxylic acids is 1. The van der Waals surface area contributed by atoms with Gasteiger partial charge in [0.15, 0.2) is 0 Å². The molecule has 7 nitrogen and oxygen atoms in total. The first-order valence-electron chi connectivity index (χ1n) is 8.76. The van der Waals surface area contributed by atoms with E-state index in [-0.39, 0.29) is 28.0 Å². The van der Waals surface area contributed by atoms with Gasteiger partial charge in [0.2, 0.25) is 0 Å². The topological polar surface area (TPSA) is 93.7 Å². The average Bonchev–Trinajstić information content (AvgIpc) is 3.20. The van der Waals surface area contributed by atoms with Crippen LogP contribution in [-0.4, -0.2) is 40.7 Å². The molecule has 0 bridgehead atoms. The van der Waals surface area contributed by atoms with Gasteiger partial charge in [-0.1, -0.05) is 12.1 Å². The molecule has 0 unspecified atom stereocenters. The smallest absolute Gasteiger partial charge is 0.265 e. The second-order valence-electron chi connectivity index (χ2n) is 6.29. The summed E-state index contributed by atoms with van der Waals surface area (Å²) in [5.41, 5.74) is 0.234. The number of methoxy groups -OCH3 is 1. The lowest BCUT2D eigenvalue weighted by molar-refractivity contribution is 0.0858. The van der Waals surface area contributed by atoms with Crippen LogP contribution in [0.1, 0.15) is 23.2 Å². The summed E-state index contributed by atoms with van der Waals surface area (Å²) in [6, 6.07) is 9.38. The fourth-order valence-corrected chi connectivity index (χ4v) is 4.20. The second-order valence-corrected chi connectivity index (χ2v) is 7.94. The zero-order valence-corrected chi connectivity index (χ0v) is 16.1. The highest BCUT2D eigenvalue weighted by Crippen LogP contribution is 2.27. The minimum Gasteiger partial charge on any atom is -0.495 e. The van der Waals surface area contributed by atoms with E-state index in [0.29, 0.717) is 13.2 Å². The van der Waals surface area contributed by atoms with Gasteiger partial charge < -0.3 is 14.8 Å². The van der Waals surface area contributed by atoms with Crippen LogP contribution in [0, 0.1) is 5.82 Å². The molecule has 1 amide bonds. The van der Waals surface area contributed by atoms with Gasteiger partial charge in [-0.25, -0.2) is 12.8 Å². The minimum atomic E-state index is -4.18. The van der Waals surface area contributed by atoms with Gasteiger partial charge in [0.05, 0.1) is 24.5 Å². The second kappa shape index (κ2) is 8.57. The van der Waals surface area contributed by atoms with Crippen LogP contribution in [0.25, 0.3) is 0 Å². The molecule has 0 radical (unpaired) electrons. The van der Waals surface area contributed by atoms with Crippen molar-refractivity contribution in [1.82, 2.24) is 5.32 Å². The Labute approximate surface area is 162 Å². The molecular weight excluding hydrogens is 387 g/mol. The lowest BCUT2D eigenvalue weighted by Gasteiger charge is -2.15. The van der Waals surface area contributed by atoms with Crippen LogP contribution >= 0.6 is 0 Å². The third-order valence-corrected chi connectivity index (χ3v) is 5.73. The van der Waals surface area contributed by atoms with Crippen molar-refractivity contribution in [1.29, 1.82) is 0 Å². The van der Waals surface area contributed by atoms with Crippen molar-refractivity contribution in [2.24, 2.45) is 0 Å². The fraction of sp³-hybridized carbons (Fsp3) is 0.316. The Morgan fingerprint density at radius 3 is 2.79 bits per heavy atom. The van der Waals surface area contributed by atoms with Crippen LogP contribution in [0.4, 0.5) is 10.1 Å². The summed E-state index contributed by atoms with van der Waals surface area (Å²) in [4.78, 5) is 12.2. The number of rotatable bonds is 7. The van der Waals surface area contributed by atoms with E-state index in [4.69, 9.17) is 9.47 Å². The van der Waals surface area contributed by atoms with Crippen molar-refractivity contribution < 1.29 is 27.1 Å². The normalized spacial score (nSPS) is 16.6. The van der Waals surface area contributed by atoms with Crippen molar-refractivity contribution in [3.05, 3.63) is 53.8 Å². The summed E-state index contributed by atoms with van der Waals surface area (Å²) in [6.45, 7) is 1.02. The van der Waals surface area contributed by atoms with Gasteiger partial charge in [-0.3, -0.25) is 9.52 Å².